The first-order valence-electron chi connectivity index (χ1n) is 9.56. The van der Waals surface area contributed by atoms with Crippen LogP contribution < -0.4 is 0 Å². The van der Waals surface area contributed by atoms with Gasteiger partial charge in [0.2, 0.25) is 5.91 Å². The van der Waals surface area contributed by atoms with E-state index in [1.807, 2.05) is 0 Å². The molecule has 3 rings (SSSR count). The molecule has 0 radical (unpaired) electrons. The molecule has 3 aliphatic rings. The minimum absolute atomic E-state index is 0.164. The van der Waals surface area contributed by atoms with Crippen molar-refractivity contribution in [3.63, 3.8) is 0 Å². The van der Waals surface area contributed by atoms with Crippen molar-refractivity contribution in [1.29, 1.82) is 0 Å². The predicted molar refractivity (Wildman–Crippen MR) is 89.9 cm³/mol. The second kappa shape index (κ2) is 7.78. The second-order valence-corrected chi connectivity index (χ2v) is 7.29. The highest BCUT2D eigenvalue weighted by atomic mass is 16.2. The van der Waals surface area contributed by atoms with Crippen molar-refractivity contribution in [2.75, 3.05) is 39.3 Å². The standard InChI is InChI=1S/C18H33N3O/c1-2-19-11-6-5-10-17(19)18(22)21-13-7-12-20(14-15-21)16-8-3-4-9-16/h16-17H,2-15H2,1H3. The summed E-state index contributed by atoms with van der Waals surface area (Å²) in [5, 5.41) is 0. The smallest absolute Gasteiger partial charge is 0.239 e. The van der Waals surface area contributed by atoms with Gasteiger partial charge in [0.05, 0.1) is 6.04 Å². The zero-order valence-corrected chi connectivity index (χ0v) is 14.3. The fourth-order valence-electron chi connectivity index (χ4n) is 4.65. The topological polar surface area (TPSA) is 26.8 Å². The Labute approximate surface area is 135 Å². The van der Waals surface area contributed by atoms with Crippen molar-refractivity contribution in [2.45, 2.75) is 70.4 Å². The van der Waals surface area contributed by atoms with E-state index in [9.17, 15) is 4.79 Å². The summed E-state index contributed by atoms with van der Waals surface area (Å²) in [4.78, 5) is 20.2. The fourth-order valence-corrected chi connectivity index (χ4v) is 4.65. The van der Waals surface area contributed by atoms with Gasteiger partial charge < -0.3 is 4.90 Å². The van der Waals surface area contributed by atoms with Gasteiger partial charge >= 0.3 is 0 Å². The predicted octanol–water partition coefficient (Wildman–Crippen LogP) is 2.34. The molecule has 1 saturated carbocycles. The van der Waals surface area contributed by atoms with Gasteiger partial charge in [-0.1, -0.05) is 26.2 Å². The van der Waals surface area contributed by atoms with Crippen LogP contribution in [0.25, 0.3) is 0 Å². The summed E-state index contributed by atoms with van der Waals surface area (Å²) in [6.07, 6.45) is 10.2. The Balaban J connectivity index is 1.56. The van der Waals surface area contributed by atoms with Crippen LogP contribution in [0.2, 0.25) is 0 Å². The third-order valence-electron chi connectivity index (χ3n) is 5.99. The van der Waals surface area contributed by atoms with Gasteiger partial charge in [0.25, 0.3) is 0 Å². The molecule has 1 amide bonds. The minimum Gasteiger partial charge on any atom is -0.340 e. The van der Waals surface area contributed by atoms with E-state index >= 15 is 0 Å². The molecule has 4 heteroatoms. The average molecular weight is 307 g/mol. The van der Waals surface area contributed by atoms with E-state index in [0.29, 0.717) is 5.91 Å². The van der Waals surface area contributed by atoms with Crippen molar-refractivity contribution in [1.82, 2.24) is 14.7 Å². The second-order valence-electron chi connectivity index (χ2n) is 7.29. The van der Waals surface area contributed by atoms with Crippen LogP contribution in [0.15, 0.2) is 0 Å². The third-order valence-corrected chi connectivity index (χ3v) is 5.99. The van der Waals surface area contributed by atoms with E-state index in [2.05, 4.69) is 21.6 Å². The highest BCUT2D eigenvalue weighted by Gasteiger charge is 2.32. The van der Waals surface area contributed by atoms with Gasteiger partial charge in [-0.25, -0.2) is 0 Å². The van der Waals surface area contributed by atoms with Crippen LogP contribution >= 0.6 is 0 Å². The van der Waals surface area contributed by atoms with E-state index in [-0.39, 0.29) is 6.04 Å². The zero-order valence-electron chi connectivity index (χ0n) is 14.3. The molecule has 0 spiro atoms. The first kappa shape index (κ1) is 16.3. The molecule has 1 unspecified atom stereocenters. The van der Waals surface area contributed by atoms with E-state index in [1.54, 1.807) is 0 Å². The number of carbonyl (C=O) groups excluding carboxylic acids is 1. The molecule has 3 fully saturated rings. The molecule has 0 aromatic carbocycles. The summed E-state index contributed by atoms with van der Waals surface area (Å²) in [6, 6.07) is 0.966. The summed E-state index contributed by atoms with van der Waals surface area (Å²) >= 11 is 0. The Bertz CT molecular complexity index is 367. The van der Waals surface area contributed by atoms with Gasteiger partial charge in [-0.15, -0.1) is 0 Å². The molecule has 2 saturated heterocycles. The van der Waals surface area contributed by atoms with Crippen molar-refractivity contribution in [3.8, 4) is 0 Å². The number of hydrogen-bond donors (Lipinski definition) is 0. The summed E-state index contributed by atoms with van der Waals surface area (Å²) in [7, 11) is 0. The first-order chi connectivity index (χ1) is 10.8. The largest absolute Gasteiger partial charge is 0.340 e. The average Bonchev–Trinajstić information content (AvgIpc) is 2.99. The third kappa shape index (κ3) is 3.65. The van der Waals surface area contributed by atoms with Crippen molar-refractivity contribution in [2.24, 2.45) is 0 Å². The number of likely N-dealkylation sites (N-methyl/N-ethyl adjacent to an activating group) is 1. The molecule has 126 valence electrons. The number of rotatable bonds is 3. The molecular weight excluding hydrogens is 274 g/mol. The lowest BCUT2D eigenvalue weighted by Gasteiger charge is -2.37. The maximum atomic E-state index is 13.0. The van der Waals surface area contributed by atoms with Crippen molar-refractivity contribution >= 4 is 5.91 Å². The van der Waals surface area contributed by atoms with Gasteiger partial charge in [0.1, 0.15) is 0 Å². The Kier molecular flexibility index (Phi) is 5.75. The van der Waals surface area contributed by atoms with Crippen LogP contribution in [-0.4, -0.2) is 72.0 Å². The lowest BCUT2D eigenvalue weighted by atomic mass is 10.0. The highest BCUT2D eigenvalue weighted by molar-refractivity contribution is 5.82. The maximum Gasteiger partial charge on any atom is 0.239 e. The number of piperidine rings is 1. The van der Waals surface area contributed by atoms with Gasteiger partial charge in [-0.3, -0.25) is 14.6 Å². The molecule has 2 heterocycles. The number of amides is 1. The summed E-state index contributed by atoms with van der Waals surface area (Å²) < 4.78 is 0. The molecule has 1 atom stereocenters. The highest BCUT2D eigenvalue weighted by Crippen LogP contribution is 2.25. The first-order valence-corrected chi connectivity index (χ1v) is 9.56. The van der Waals surface area contributed by atoms with Gasteiger partial charge in [0, 0.05) is 32.2 Å². The van der Waals surface area contributed by atoms with Crippen LogP contribution in [0, 0.1) is 0 Å². The van der Waals surface area contributed by atoms with Crippen LogP contribution in [0.3, 0.4) is 0 Å². The number of nitrogens with zero attached hydrogens (tertiary/aromatic N) is 3. The summed E-state index contributed by atoms with van der Waals surface area (Å²) in [5.41, 5.74) is 0. The van der Waals surface area contributed by atoms with E-state index in [4.69, 9.17) is 0 Å². The molecule has 0 N–H and O–H groups in total. The molecule has 0 aromatic heterocycles. The lowest BCUT2D eigenvalue weighted by Crippen LogP contribution is -2.51. The van der Waals surface area contributed by atoms with Gasteiger partial charge in [-0.2, -0.15) is 0 Å². The normalized spacial score (nSPS) is 29.7. The van der Waals surface area contributed by atoms with Crippen molar-refractivity contribution in [3.05, 3.63) is 0 Å². The quantitative estimate of drug-likeness (QED) is 0.801. The lowest BCUT2D eigenvalue weighted by molar-refractivity contribution is -0.138. The van der Waals surface area contributed by atoms with Crippen LogP contribution in [0.4, 0.5) is 0 Å². The van der Waals surface area contributed by atoms with Crippen LogP contribution in [0.1, 0.15) is 58.3 Å². The number of likely N-dealkylation sites (tertiary alicyclic amines) is 1. The van der Waals surface area contributed by atoms with E-state index < -0.39 is 0 Å². The van der Waals surface area contributed by atoms with Crippen molar-refractivity contribution < 1.29 is 4.79 Å². The van der Waals surface area contributed by atoms with Gasteiger partial charge in [-0.05, 0) is 45.2 Å². The van der Waals surface area contributed by atoms with E-state index in [0.717, 1.165) is 51.6 Å². The van der Waals surface area contributed by atoms with E-state index in [1.165, 1.54) is 45.1 Å². The zero-order chi connectivity index (χ0) is 15.4. The molecule has 0 bridgehead atoms. The molecule has 1 aliphatic carbocycles. The summed E-state index contributed by atoms with van der Waals surface area (Å²) in [5.74, 6) is 0.412. The summed E-state index contributed by atoms with van der Waals surface area (Å²) in [6.45, 7) is 8.51. The number of carbonyl (C=O) groups is 1. The fraction of sp³-hybridized carbons (Fsp3) is 0.944. The Hall–Kier alpha value is -0.610. The number of hydrogen-bond acceptors (Lipinski definition) is 3. The monoisotopic (exact) mass is 307 g/mol. The van der Waals surface area contributed by atoms with Crippen LogP contribution in [-0.2, 0) is 4.79 Å². The Morgan fingerprint density at radius 2 is 1.64 bits per heavy atom. The Morgan fingerprint density at radius 3 is 2.41 bits per heavy atom. The molecule has 0 aromatic rings. The molecule has 2 aliphatic heterocycles. The molecular formula is C18H33N3O. The maximum absolute atomic E-state index is 13.0. The SMILES string of the molecule is CCN1CCCCC1C(=O)N1CCCN(C2CCCC2)CC1. The Morgan fingerprint density at radius 1 is 0.864 bits per heavy atom. The van der Waals surface area contributed by atoms with Gasteiger partial charge in [0.15, 0.2) is 0 Å². The van der Waals surface area contributed by atoms with Crippen LogP contribution in [0.5, 0.6) is 0 Å². The minimum atomic E-state index is 0.164. The molecule has 22 heavy (non-hydrogen) atoms. The molecule has 4 nitrogen and oxygen atoms in total.